The van der Waals surface area contributed by atoms with E-state index in [0.717, 1.165) is 44.8 Å². The topological polar surface area (TPSA) is 87.1 Å². The molecule has 7 nitrogen and oxygen atoms in total. The quantitative estimate of drug-likeness (QED) is 0.212. The van der Waals surface area contributed by atoms with Gasteiger partial charge >= 0.3 is 0 Å². The summed E-state index contributed by atoms with van der Waals surface area (Å²) in [5.41, 5.74) is 6.56. The smallest absolute Gasteiger partial charge is 0.229 e. The second-order valence-electron chi connectivity index (χ2n) is 7.91. The van der Waals surface area contributed by atoms with Gasteiger partial charge in [-0.1, -0.05) is 24.3 Å². The Morgan fingerprint density at radius 1 is 0.788 bits per heavy atom. The molecule has 0 unspecified atom stereocenters. The Kier molecular flexibility index (Phi) is 6.55. The lowest BCUT2D eigenvalue weighted by Gasteiger charge is -2.13. The monoisotopic (exact) mass is 455 g/mol. The molecule has 0 saturated carbocycles. The van der Waals surface area contributed by atoms with Crippen LogP contribution < -0.4 is 16.0 Å². The van der Waals surface area contributed by atoms with Gasteiger partial charge in [0.05, 0.1) is 17.4 Å². The number of guanidine groups is 1. The summed E-state index contributed by atoms with van der Waals surface area (Å²) in [5, 5.41) is 10.9. The normalized spacial score (nSPS) is 11.3. The summed E-state index contributed by atoms with van der Waals surface area (Å²) >= 11 is 5.52. The third kappa shape index (κ3) is 6.08. The molecule has 2 aromatic heterocycles. The number of aryl methyl sites for hydroxylation is 4. The second kappa shape index (κ2) is 9.70. The molecule has 2 aromatic carbocycles. The van der Waals surface area contributed by atoms with Crippen molar-refractivity contribution < 1.29 is 0 Å². The Bertz CT molecular complexity index is 1320. The minimum atomic E-state index is 0.299. The van der Waals surface area contributed by atoms with Gasteiger partial charge < -0.3 is 10.6 Å². The van der Waals surface area contributed by atoms with Crippen LogP contribution in [0.2, 0.25) is 0 Å². The summed E-state index contributed by atoms with van der Waals surface area (Å²) in [7, 11) is 0. The van der Waals surface area contributed by atoms with Crippen LogP contribution in [0.15, 0.2) is 65.8 Å². The number of benzene rings is 2. The molecule has 0 radical (unpaired) electrons. The average Bonchev–Trinajstić information content (AvgIpc) is 2.72. The van der Waals surface area contributed by atoms with Gasteiger partial charge in [-0.2, -0.15) is 4.99 Å². The fraction of sp³-hybridized carbons (Fsp3) is 0.160. The fourth-order valence-electron chi connectivity index (χ4n) is 3.55. The summed E-state index contributed by atoms with van der Waals surface area (Å²) in [5.74, 6) is 0.820. The molecular weight excluding hydrogens is 430 g/mol. The van der Waals surface area contributed by atoms with E-state index in [2.05, 4.69) is 42.0 Å². The molecule has 0 aliphatic rings. The van der Waals surface area contributed by atoms with Crippen molar-refractivity contribution in [3.05, 3.63) is 83.3 Å². The van der Waals surface area contributed by atoms with E-state index in [0.29, 0.717) is 17.0 Å². The lowest BCUT2D eigenvalue weighted by atomic mass is 10.1. The van der Waals surface area contributed by atoms with E-state index in [1.165, 1.54) is 0 Å². The first-order valence-corrected chi connectivity index (χ1v) is 10.9. The van der Waals surface area contributed by atoms with Crippen LogP contribution in [0.1, 0.15) is 22.5 Å². The number of rotatable bonds is 3. The van der Waals surface area contributed by atoms with Crippen LogP contribution in [0.5, 0.6) is 0 Å². The van der Waals surface area contributed by atoms with E-state index in [-0.39, 0.29) is 0 Å². The molecule has 0 atom stereocenters. The number of anilines is 3. The minimum Gasteiger partial charge on any atom is -0.331 e. The molecule has 0 aliphatic carbocycles. The van der Waals surface area contributed by atoms with Crippen molar-refractivity contribution in [1.29, 1.82) is 0 Å². The zero-order valence-corrected chi connectivity index (χ0v) is 19.8. The van der Waals surface area contributed by atoms with Gasteiger partial charge in [-0.05, 0) is 81.4 Å². The molecule has 4 aromatic rings. The molecular formula is C25H25N7S. The Balaban J connectivity index is 1.63. The first kappa shape index (κ1) is 22.3. The van der Waals surface area contributed by atoms with Crippen LogP contribution in [0.25, 0.3) is 10.9 Å². The number of hydrogen-bond donors (Lipinski definition) is 3. The highest BCUT2D eigenvalue weighted by molar-refractivity contribution is 7.80. The van der Waals surface area contributed by atoms with E-state index >= 15 is 0 Å². The van der Waals surface area contributed by atoms with Crippen molar-refractivity contribution in [2.24, 2.45) is 4.99 Å². The molecule has 0 bridgehead atoms. The maximum absolute atomic E-state index is 5.52. The van der Waals surface area contributed by atoms with Crippen molar-refractivity contribution in [3.8, 4) is 0 Å². The Labute approximate surface area is 198 Å². The van der Waals surface area contributed by atoms with Crippen molar-refractivity contribution >= 4 is 51.5 Å². The third-order valence-corrected chi connectivity index (χ3v) is 4.95. The predicted molar refractivity (Wildman–Crippen MR) is 140 cm³/mol. The number of fused-ring (bicyclic) bond motifs is 1. The molecule has 0 amide bonds. The maximum Gasteiger partial charge on any atom is 0.229 e. The van der Waals surface area contributed by atoms with Gasteiger partial charge in [0, 0.05) is 22.5 Å². The first-order valence-electron chi connectivity index (χ1n) is 10.5. The first-order chi connectivity index (χ1) is 15.8. The minimum absolute atomic E-state index is 0.299. The van der Waals surface area contributed by atoms with Crippen LogP contribution in [0.3, 0.4) is 0 Å². The molecule has 0 aliphatic heterocycles. The van der Waals surface area contributed by atoms with E-state index in [1.807, 2.05) is 76.2 Å². The van der Waals surface area contributed by atoms with E-state index < -0.39 is 0 Å². The Hall–Kier alpha value is -3.91. The molecule has 4 rings (SSSR count). The summed E-state index contributed by atoms with van der Waals surface area (Å²) < 4.78 is 0. The van der Waals surface area contributed by atoms with Crippen molar-refractivity contribution in [2.45, 2.75) is 27.7 Å². The summed E-state index contributed by atoms with van der Waals surface area (Å²) in [6.07, 6.45) is 1.75. The van der Waals surface area contributed by atoms with Gasteiger partial charge in [0.1, 0.15) is 0 Å². The SMILES string of the molecule is Cc1cc(C)cc(NC(=S)/N=C(/Nc2cnc3ccccc3c2)Nc2nc(C)cc(C)n2)c1. The number of pyridine rings is 1. The molecule has 2 heterocycles. The number of nitrogens with one attached hydrogen (secondary N) is 3. The summed E-state index contributed by atoms with van der Waals surface area (Å²) in [6, 6.07) is 18.0. The van der Waals surface area contributed by atoms with Gasteiger partial charge in [0.25, 0.3) is 0 Å². The largest absolute Gasteiger partial charge is 0.331 e. The van der Waals surface area contributed by atoms with Gasteiger partial charge in [-0.15, -0.1) is 0 Å². The molecule has 33 heavy (non-hydrogen) atoms. The number of aliphatic imine (C=N–C) groups is 1. The average molecular weight is 456 g/mol. The number of thiocarbonyl (C=S) groups is 1. The highest BCUT2D eigenvalue weighted by Gasteiger charge is 2.08. The predicted octanol–water partition coefficient (Wildman–Crippen LogP) is 5.54. The lowest BCUT2D eigenvalue weighted by Crippen LogP contribution is -2.26. The van der Waals surface area contributed by atoms with E-state index in [4.69, 9.17) is 12.2 Å². The zero-order chi connectivity index (χ0) is 23.4. The van der Waals surface area contributed by atoms with Gasteiger partial charge in [0.2, 0.25) is 17.0 Å². The van der Waals surface area contributed by atoms with Crippen LogP contribution >= 0.6 is 12.2 Å². The van der Waals surface area contributed by atoms with Gasteiger partial charge in [-0.25, -0.2) is 9.97 Å². The van der Waals surface area contributed by atoms with Crippen LogP contribution in [-0.4, -0.2) is 26.0 Å². The molecule has 0 fully saturated rings. The van der Waals surface area contributed by atoms with E-state index in [9.17, 15) is 0 Å². The number of hydrogen-bond acceptors (Lipinski definition) is 4. The van der Waals surface area contributed by atoms with Crippen molar-refractivity contribution in [1.82, 2.24) is 15.0 Å². The highest BCUT2D eigenvalue weighted by atomic mass is 32.1. The summed E-state index contributed by atoms with van der Waals surface area (Å²) in [4.78, 5) is 18.0. The number of nitrogens with zero attached hydrogens (tertiary/aromatic N) is 4. The number of para-hydroxylation sites is 1. The standard InChI is InChI=1S/C25H25N7S/c1-15-9-16(2)11-20(10-15)30-25(33)32-24(31-23-27-17(3)12-18(4)28-23)29-21-13-19-7-5-6-8-22(19)26-14-21/h5-14H,1-4H3,(H3,27,28,29,30,31,32,33). The number of aromatic nitrogens is 3. The molecule has 3 N–H and O–H groups in total. The maximum atomic E-state index is 5.52. The van der Waals surface area contributed by atoms with Crippen molar-refractivity contribution in [2.75, 3.05) is 16.0 Å². The molecule has 0 saturated heterocycles. The zero-order valence-electron chi connectivity index (χ0n) is 19.0. The van der Waals surface area contributed by atoms with Crippen LogP contribution in [0, 0.1) is 27.7 Å². The second-order valence-corrected chi connectivity index (χ2v) is 8.29. The molecule has 0 spiro atoms. The Morgan fingerprint density at radius 2 is 1.48 bits per heavy atom. The Morgan fingerprint density at radius 3 is 2.21 bits per heavy atom. The van der Waals surface area contributed by atoms with E-state index in [1.54, 1.807) is 6.20 Å². The van der Waals surface area contributed by atoms with Gasteiger partial charge in [0.15, 0.2) is 0 Å². The van der Waals surface area contributed by atoms with Crippen LogP contribution in [0.4, 0.5) is 17.3 Å². The highest BCUT2D eigenvalue weighted by Crippen LogP contribution is 2.17. The molecule has 166 valence electrons. The third-order valence-electron chi connectivity index (χ3n) is 4.75. The lowest BCUT2D eigenvalue weighted by molar-refractivity contribution is 1.06. The fourth-order valence-corrected chi connectivity index (χ4v) is 3.76. The van der Waals surface area contributed by atoms with Crippen LogP contribution in [-0.2, 0) is 0 Å². The summed E-state index contributed by atoms with van der Waals surface area (Å²) in [6.45, 7) is 7.93. The van der Waals surface area contributed by atoms with Crippen molar-refractivity contribution in [3.63, 3.8) is 0 Å². The van der Waals surface area contributed by atoms with Gasteiger partial charge in [-0.3, -0.25) is 10.3 Å². The molecule has 8 heteroatoms.